The Balaban J connectivity index is 1.84. The molecule has 2 rings (SSSR count). The Morgan fingerprint density at radius 2 is 2.06 bits per heavy atom. The molecule has 1 aliphatic carbocycles. The van der Waals surface area contributed by atoms with Crippen LogP contribution in [0.5, 0.6) is 0 Å². The van der Waals surface area contributed by atoms with Crippen molar-refractivity contribution in [2.24, 2.45) is 5.92 Å². The van der Waals surface area contributed by atoms with Crippen molar-refractivity contribution in [2.45, 2.75) is 30.8 Å². The number of thioether (sulfide) groups is 1. The first-order chi connectivity index (χ1) is 8.28. The molecule has 1 aliphatic rings. The Morgan fingerprint density at radius 1 is 1.29 bits per heavy atom. The van der Waals surface area contributed by atoms with Gasteiger partial charge in [0, 0.05) is 17.8 Å². The second kappa shape index (κ2) is 6.27. The molecule has 0 aliphatic heterocycles. The lowest BCUT2D eigenvalue weighted by Gasteiger charge is -2.23. The average molecular weight is 248 g/mol. The van der Waals surface area contributed by atoms with Crippen LogP contribution in [0.4, 0.5) is 0 Å². The minimum atomic E-state index is 0.420. The van der Waals surface area contributed by atoms with Crippen molar-refractivity contribution >= 4 is 11.8 Å². The predicted octanol–water partition coefficient (Wildman–Crippen LogP) is 4.07. The predicted molar refractivity (Wildman–Crippen MR) is 74.6 cm³/mol. The molecular formula is C15H20OS. The minimum Gasteiger partial charge on any atom is -0.381 e. The summed E-state index contributed by atoms with van der Waals surface area (Å²) >= 11 is 1.94. The quantitative estimate of drug-likeness (QED) is 0.587. The molecule has 0 aromatic heterocycles. The van der Waals surface area contributed by atoms with Crippen molar-refractivity contribution in [1.29, 1.82) is 0 Å². The Bertz CT molecular complexity index is 369. The zero-order valence-corrected chi connectivity index (χ0v) is 11.4. The fourth-order valence-electron chi connectivity index (χ4n) is 2.09. The van der Waals surface area contributed by atoms with E-state index in [2.05, 4.69) is 43.3 Å². The topological polar surface area (TPSA) is 9.23 Å². The van der Waals surface area contributed by atoms with Crippen molar-refractivity contribution in [3.63, 3.8) is 0 Å². The number of hydrogen-bond acceptors (Lipinski definition) is 2. The lowest BCUT2D eigenvalue weighted by Crippen LogP contribution is -2.19. The van der Waals surface area contributed by atoms with E-state index in [4.69, 9.17) is 4.74 Å². The third-order valence-corrected chi connectivity index (χ3v) is 4.39. The van der Waals surface area contributed by atoms with Crippen LogP contribution in [0.25, 0.3) is 0 Å². The Labute approximate surface area is 108 Å². The van der Waals surface area contributed by atoms with E-state index < -0.39 is 0 Å². The van der Waals surface area contributed by atoms with Gasteiger partial charge in [-0.3, -0.25) is 0 Å². The van der Waals surface area contributed by atoms with Crippen LogP contribution in [0.15, 0.2) is 41.3 Å². The van der Waals surface area contributed by atoms with Crippen LogP contribution >= 0.6 is 11.8 Å². The summed E-state index contributed by atoms with van der Waals surface area (Å²) in [4.78, 5) is 1.36. The summed E-state index contributed by atoms with van der Waals surface area (Å²) in [6.07, 6.45) is 7.26. The maximum Gasteiger partial charge on any atom is 0.0611 e. The van der Waals surface area contributed by atoms with E-state index in [9.17, 15) is 0 Å². The zero-order valence-electron chi connectivity index (χ0n) is 10.6. The van der Waals surface area contributed by atoms with Gasteiger partial charge in [0.05, 0.1) is 6.10 Å². The molecule has 0 saturated heterocycles. The summed E-state index contributed by atoms with van der Waals surface area (Å²) in [6, 6.07) is 8.77. The summed E-state index contributed by atoms with van der Waals surface area (Å²) in [7, 11) is 1.81. The van der Waals surface area contributed by atoms with Gasteiger partial charge in [-0.1, -0.05) is 29.8 Å². The number of allylic oxidation sites excluding steroid dienone is 1. The van der Waals surface area contributed by atoms with Gasteiger partial charge in [-0.25, -0.2) is 0 Å². The number of aryl methyl sites for hydroxylation is 1. The summed E-state index contributed by atoms with van der Waals surface area (Å²) in [5, 5.41) is 0. The fraction of sp³-hybridized carbons (Fsp3) is 0.467. The van der Waals surface area contributed by atoms with Crippen LogP contribution in [0.2, 0.25) is 0 Å². The molecule has 2 atom stereocenters. The number of ether oxygens (including phenoxy) is 1. The Morgan fingerprint density at radius 3 is 2.76 bits per heavy atom. The third-order valence-electron chi connectivity index (χ3n) is 3.19. The van der Waals surface area contributed by atoms with Gasteiger partial charge >= 0.3 is 0 Å². The number of rotatable bonds is 4. The number of benzene rings is 1. The molecule has 0 N–H and O–H groups in total. The molecule has 0 heterocycles. The van der Waals surface area contributed by atoms with Crippen molar-refractivity contribution in [3.8, 4) is 0 Å². The standard InChI is InChI=1S/C15H20OS/c1-12-6-8-15(9-7-12)17-11-13-4-3-5-14(10-13)16-2/h3-4,6-9,13-14H,5,10-11H2,1-2H3/t13-,14-/m0/s1. The normalized spacial score (nSPS) is 23.9. The highest BCUT2D eigenvalue weighted by Crippen LogP contribution is 2.27. The van der Waals surface area contributed by atoms with E-state index in [-0.39, 0.29) is 0 Å². The van der Waals surface area contributed by atoms with Crippen LogP contribution in [-0.4, -0.2) is 19.0 Å². The number of methoxy groups -OCH3 is 1. The van der Waals surface area contributed by atoms with Crippen LogP contribution in [0.3, 0.4) is 0 Å². The van der Waals surface area contributed by atoms with Crippen LogP contribution in [0.1, 0.15) is 18.4 Å². The monoisotopic (exact) mass is 248 g/mol. The summed E-state index contributed by atoms with van der Waals surface area (Å²) in [5.41, 5.74) is 1.33. The second-order valence-corrected chi connectivity index (χ2v) is 5.73. The number of hydrogen-bond donors (Lipinski definition) is 0. The van der Waals surface area contributed by atoms with Gasteiger partial charge in [0.25, 0.3) is 0 Å². The first-order valence-corrected chi connectivity index (χ1v) is 7.15. The molecule has 0 fully saturated rings. The Kier molecular flexibility index (Phi) is 4.69. The molecule has 92 valence electrons. The largest absolute Gasteiger partial charge is 0.381 e. The summed E-state index contributed by atoms with van der Waals surface area (Å²) in [6.45, 7) is 2.13. The van der Waals surface area contributed by atoms with Crippen molar-refractivity contribution in [2.75, 3.05) is 12.9 Å². The summed E-state index contributed by atoms with van der Waals surface area (Å²) < 4.78 is 5.43. The van der Waals surface area contributed by atoms with Gasteiger partial charge < -0.3 is 4.74 Å². The molecule has 0 unspecified atom stereocenters. The van der Waals surface area contributed by atoms with E-state index in [1.165, 1.54) is 10.5 Å². The van der Waals surface area contributed by atoms with Crippen LogP contribution in [-0.2, 0) is 4.74 Å². The van der Waals surface area contributed by atoms with E-state index in [1.54, 1.807) is 0 Å². The maximum atomic E-state index is 5.43. The van der Waals surface area contributed by atoms with E-state index in [0.29, 0.717) is 12.0 Å². The van der Waals surface area contributed by atoms with Crippen LogP contribution in [0, 0.1) is 12.8 Å². The smallest absolute Gasteiger partial charge is 0.0611 e. The molecule has 1 aromatic carbocycles. The van der Waals surface area contributed by atoms with Gasteiger partial charge in [-0.05, 0) is 37.8 Å². The average Bonchev–Trinajstić information content (AvgIpc) is 2.38. The third kappa shape index (κ3) is 3.90. The minimum absolute atomic E-state index is 0.420. The Hall–Kier alpha value is -0.730. The first-order valence-electron chi connectivity index (χ1n) is 6.17. The molecule has 0 radical (unpaired) electrons. The fourth-order valence-corrected chi connectivity index (χ4v) is 3.07. The van der Waals surface area contributed by atoms with Crippen molar-refractivity contribution in [1.82, 2.24) is 0 Å². The highest BCUT2D eigenvalue weighted by Gasteiger charge is 2.17. The van der Waals surface area contributed by atoms with Gasteiger partial charge in [0.15, 0.2) is 0 Å². The first kappa shape index (κ1) is 12.7. The van der Waals surface area contributed by atoms with E-state index >= 15 is 0 Å². The van der Waals surface area contributed by atoms with Crippen molar-refractivity contribution < 1.29 is 4.74 Å². The SMILES string of the molecule is CO[C@H]1CC=C[C@H](CSc2ccc(C)cc2)C1. The van der Waals surface area contributed by atoms with Gasteiger partial charge in [0.2, 0.25) is 0 Å². The van der Waals surface area contributed by atoms with E-state index in [1.807, 2.05) is 18.9 Å². The molecule has 0 bridgehead atoms. The zero-order chi connectivity index (χ0) is 12.1. The molecule has 0 saturated carbocycles. The van der Waals surface area contributed by atoms with E-state index in [0.717, 1.165) is 18.6 Å². The lowest BCUT2D eigenvalue weighted by atomic mass is 9.95. The van der Waals surface area contributed by atoms with Crippen LogP contribution < -0.4 is 0 Å². The lowest BCUT2D eigenvalue weighted by molar-refractivity contribution is 0.0859. The molecule has 1 aromatic rings. The molecule has 17 heavy (non-hydrogen) atoms. The van der Waals surface area contributed by atoms with Gasteiger partial charge in [-0.15, -0.1) is 11.8 Å². The highest BCUT2D eigenvalue weighted by molar-refractivity contribution is 7.99. The molecule has 2 heteroatoms. The highest BCUT2D eigenvalue weighted by atomic mass is 32.2. The van der Waals surface area contributed by atoms with Gasteiger partial charge in [0.1, 0.15) is 0 Å². The maximum absolute atomic E-state index is 5.43. The molecule has 0 amide bonds. The molecular weight excluding hydrogens is 228 g/mol. The van der Waals surface area contributed by atoms with Gasteiger partial charge in [-0.2, -0.15) is 0 Å². The molecule has 1 nitrogen and oxygen atoms in total. The molecule has 0 spiro atoms. The van der Waals surface area contributed by atoms with Crippen molar-refractivity contribution in [3.05, 3.63) is 42.0 Å². The summed E-state index contributed by atoms with van der Waals surface area (Å²) in [5.74, 6) is 1.80. The second-order valence-electron chi connectivity index (χ2n) is 4.64.